The number of rotatable bonds is 4. The molecule has 4 nitrogen and oxygen atoms in total. The van der Waals surface area contributed by atoms with Gasteiger partial charge in [-0.15, -0.1) is 0 Å². The van der Waals surface area contributed by atoms with Gasteiger partial charge in [-0.3, -0.25) is 9.59 Å². The van der Waals surface area contributed by atoms with E-state index >= 15 is 0 Å². The van der Waals surface area contributed by atoms with Crippen molar-refractivity contribution >= 4 is 17.5 Å². The second kappa shape index (κ2) is 8.38. The van der Waals surface area contributed by atoms with E-state index in [1.165, 1.54) is 24.0 Å². The molecule has 1 aliphatic carbocycles. The molecule has 0 heterocycles. The molecule has 1 unspecified atom stereocenters. The monoisotopic (exact) mass is 364 g/mol. The molecule has 0 aromatic heterocycles. The molecule has 1 aliphatic rings. The van der Waals surface area contributed by atoms with Crippen molar-refractivity contribution in [3.05, 3.63) is 64.2 Å². The second-order valence-corrected chi connectivity index (χ2v) is 7.44. The van der Waals surface area contributed by atoms with Gasteiger partial charge in [0.05, 0.1) is 6.04 Å². The van der Waals surface area contributed by atoms with Crippen LogP contribution in [0.2, 0.25) is 0 Å². The lowest BCUT2D eigenvalue weighted by atomic mass is 9.89. The van der Waals surface area contributed by atoms with Crippen molar-refractivity contribution in [1.29, 1.82) is 0 Å². The number of fused-ring (bicyclic) bond motifs is 1. The van der Waals surface area contributed by atoms with Gasteiger partial charge in [-0.2, -0.15) is 0 Å². The number of hydrogen-bond acceptors (Lipinski definition) is 2. The SMILES string of the molecule is CCC(NC(=O)C(=O)Nc1cc(C)ccc1C)c1ccc2c(c1)CCCC2. The van der Waals surface area contributed by atoms with Crippen molar-refractivity contribution in [1.82, 2.24) is 5.32 Å². The molecular formula is C23H28N2O2. The Kier molecular flexibility index (Phi) is 5.94. The van der Waals surface area contributed by atoms with Crippen molar-refractivity contribution in [2.24, 2.45) is 0 Å². The summed E-state index contributed by atoms with van der Waals surface area (Å²) >= 11 is 0. The quantitative estimate of drug-likeness (QED) is 0.791. The molecule has 3 rings (SSSR count). The zero-order chi connectivity index (χ0) is 19.4. The molecule has 0 bridgehead atoms. The number of benzene rings is 2. The maximum Gasteiger partial charge on any atom is 0.313 e. The first-order valence-corrected chi connectivity index (χ1v) is 9.78. The van der Waals surface area contributed by atoms with Gasteiger partial charge >= 0.3 is 11.8 Å². The van der Waals surface area contributed by atoms with Gasteiger partial charge in [0.15, 0.2) is 0 Å². The molecule has 0 fully saturated rings. The van der Waals surface area contributed by atoms with E-state index in [1.807, 2.05) is 39.0 Å². The average molecular weight is 364 g/mol. The first-order valence-electron chi connectivity index (χ1n) is 9.78. The summed E-state index contributed by atoms with van der Waals surface area (Å²) in [6.45, 7) is 5.89. The highest BCUT2D eigenvalue weighted by Gasteiger charge is 2.20. The third-order valence-corrected chi connectivity index (χ3v) is 5.34. The van der Waals surface area contributed by atoms with Gasteiger partial charge < -0.3 is 10.6 Å². The average Bonchev–Trinajstić information content (AvgIpc) is 2.68. The maximum atomic E-state index is 12.5. The van der Waals surface area contributed by atoms with E-state index in [4.69, 9.17) is 0 Å². The molecule has 2 amide bonds. The minimum atomic E-state index is -0.625. The molecule has 0 spiro atoms. The highest BCUT2D eigenvalue weighted by atomic mass is 16.2. The Morgan fingerprint density at radius 1 is 0.963 bits per heavy atom. The van der Waals surface area contributed by atoms with Crippen LogP contribution in [0.1, 0.15) is 60.0 Å². The first kappa shape index (κ1) is 19.2. The van der Waals surface area contributed by atoms with Gasteiger partial charge in [0.25, 0.3) is 0 Å². The fourth-order valence-corrected chi connectivity index (χ4v) is 3.66. The van der Waals surface area contributed by atoms with Gasteiger partial charge in [-0.25, -0.2) is 0 Å². The van der Waals surface area contributed by atoms with E-state index in [9.17, 15) is 9.59 Å². The van der Waals surface area contributed by atoms with Crippen molar-refractivity contribution in [3.63, 3.8) is 0 Å². The van der Waals surface area contributed by atoms with Crippen LogP contribution in [0.4, 0.5) is 5.69 Å². The van der Waals surface area contributed by atoms with Crippen LogP contribution in [0, 0.1) is 13.8 Å². The Morgan fingerprint density at radius 2 is 1.70 bits per heavy atom. The Labute approximate surface area is 161 Å². The largest absolute Gasteiger partial charge is 0.341 e. The van der Waals surface area contributed by atoms with Crippen LogP contribution < -0.4 is 10.6 Å². The van der Waals surface area contributed by atoms with Gasteiger partial charge in [-0.1, -0.05) is 37.3 Å². The number of carbonyl (C=O) groups is 2. The van der Waals surface area contributed by atoms with Gasteiger partial charge in [0, 0.05) is 5.69 Å². The summed E-state index contributed by atoms with van der Waals surface area (Å²) in [5, 5.41) is 5.62. The number of nitrogens with one attached hydrogen (secondary N) is 2. The Morgan fingerprint density at radius 3 is 2.44 bits per heavy atom. The second-order valence-electron chi connectivity index (χ2n) is 7.44. The van der Waals surface area contributed by atoms with Crippen LogP contribution >= 0.6 is 0 Å². The summed E-state index contributed by atoms with van der Waals surface area (Å²) in [6.07, 6.45) is 5.44. The third kappa shape index (κ3) is 4.57. The molecule has 0 saturated carbocycles. The fraction of sp³-hybridized carbons (Fsp3) is 0.391. The van der Waals surface area contributed by atoms with Crippen molar-refractivity contribution in [2.75, 3.05) is 5.32 Å². The molecule has 0 saturated heterocycles. The molecule has 2 N–H and O–H groups in total. The fourth-order valence-electron chi connectivity index (χ4n) is 3.66. The Balaban J connectivity index is 1.69. The Bertz CT molecular complexity index is 857. The number of carbonyl (C=O) groups excluding carboxylic acids is 2. The summed E-state index contributed by atoms with van der Waals surface area (Å²) < 4.78 is 0. The number of anilines is 1. The van der Waals surface area contributed by atoms with Gasteiger partial charge in [0.1, 0.15) is 0 Å². The summed E-state index contributed by atoms with van der Waals surface area (Å²) in [5.74, 6) is -1.22. The molecule has 4 heteroatoms. The highest BCUT2D eigenvalue weighted by Crippen LogP contribution is 2.26. The van der Waals surface area contributed by atoms with E-state index in [0.29, 0.717) is 5.69 Å². The van der Waals surface area contributed by atoms with Crippen LogP contribution in [0.5, 0.6) is 0 Å². The third-order valence-electron chi connectivity index (χ3n) is 5.34. The normalized spacial score (nSPS) is 14.2. The molecule has 1 atom stereocenters. The van der Waals surface area contributed by atoms with E-state index < -0.39 is 11.8 Å². The first-order chi connectivity index (χ1) is 13.0. The summed E-state index contributed by atoms with van der Waals surface area (Å²) in [7, 11) is 0. The standard InChI is InChI=1S/C23H28N2O2/c1-4-20(19-12-11-17-7-5-6-8-18(17)14-19)24-22(26)23(27)25-21-13-15(2)9-10-16(21)3/h9-14,20H,4-8H2,1-3H3,(H,24,26)(H,25,27). The van der Waals surface area contributed by atoms with E-state index in [0.717, 1.165) is 36.0 Å². The molecule has 0 aliphatic heterocycles. The summed E-state index contributed by atoms with van der Waals surface area (Å²) in [5.41, 5.74) is 6.52. The minimum absolute atomic E-state index is 0.158. The van der Waals surface area contributed by atoms with Crippen LogP contribution in [-0.2, 0) is 22.4 Å². The topological polar surface area (TPSA) is 58.2 Å². The maximum absolute atomic E-state index is 12.5. The summed E-state index contributed by atoms with van der Waals surface area (Å²) in [6, 6.07) is 12.1. The van der Waals surface area contributed by atoms with Gasteiger partial charge in [-0.05, 0) is 79.8 Å². The van der Waals surface area contributed by atoms with Crippen LogP contribution in [-0.4, -0.2) is 11.8 Å². The smallest absolute Gasteiger partial charge is 0.313 e. The van der Waals surface area contributed by atoms with Crippen molar-refractivity contribution < 1.29 is 9.59 Å². The predicted octanol–water partition coefficient (Wildman–Crippen LogP) is 4.39. The van der Waals surface area contributed by atoms with E-state index in [-0.39, 0.29) is 6.04 Å². The van der Waals surface area contributed by atoms with Crippen LogP contribution in [0.3, 0.4) is 0 Å². The van der Waals surface area contributed by atoms with E-state index in [2.05, 4.69) is 28.8 Å². The molecule has 27 heavy (non-hydrogen) atoms. The number of amides is 2. The zero-order valence-corrected chi connectivity index (χ0v) is 16.4. The lowest BCUT2D eigenvalue weighted by molar-refractivity contribution is -0.136. The summed E-state index contributed by atoms with van der Waals surface area (Å²) in [4.78, 5) is 24.8. The predicted molar refractivity (Wildman–Crippen MR) is 109 cm³/mol. The molecule has 0 radical (unpaired) electrons. The van der Waals surface area contributed by atoms with Crippen molar-refractivity contribution in [3.8, 4) is 0 Å². The lowest BCUT2D eigenvalue weighted by Gasteiger charge is -2.21. The molecular weight excluding hydrogens is 336 g/mol. The molecule has 2 aromatic rings. The van der Waals surface area contributed by atoms with Crippen LogP contribution in [0.25, 0.3) is 0 Å². The molecule has 2 aromatic carbocycles. The van der Waals surface area contributed by atoms with E-state index in [1.54, 1.807) is 0 Å². The van der Waals surface area contributed by atoms with Crippen LogP contribution in [0.15, 0.2) is 36.4 Å². The highest BCUT2D eigenvalue weighted by molar-refractivity contribution is 6.39. The van der Waals surface area contributed by atoms with Gasteiger partial charge in [0.2, 0.25) is 0 Å². The lowest BCUT2D eigenvalue weighted by Crippen LogP contribution is -2.37. The number of aryl methyl sites for hydroxylation is 4. The minimum Gasteiger partial charge on any atom is -0.341 e. The van der Waals surface area contributed by atoms with Crippen molar-refractivity contribution in [2.45, 2.75) is 58.9 Å². The zero-order valence-electron chi connectivity index (χ0n) is 16.4. The Hall–Kier alpha value is -2.62. The molecule has 142 valence electrons. The number of hydrogen-bond donors (Lipinski definition) is 2.